The molecule has 2 aromatic carbocycles. The van der Waals surface area contributed by atoms with Crippen molar-refractivity contribution in [2.45, 2.75) is 57.6 Å². The van der Waals surface area contributed by atoms with Crippen LogP contribution >= 0.6 is 0 Å². The predicted molar refractivity (Wildman–Crippen MR) is 124 cm³/mol. The van der Waals surface area contributed by atoms with Gasteiger partial charge in [-0.1, -0.05) is 44.0 Å². The lowest BCUT2D eigenvalue weighted by Crippen LogP contribution is -2.43. The Kier molecular flexibility index (Phi) is 9.81. The maximum Gasteiger partial charge on any atom is 0.219 e. The quantitative estimate of drug-likeness (QED) is 0.446. The monoisotopic (exact) mass is 449 g/mol. The van der Waals surface area contributed by atoms with Gasteiger partial charge in [0, 0.05) is 20.2 Å². The Morgan fingerprint density at radius 3 is 1.65 bits per heavy atom. The molecule has 0 aliphatic carbocycles. The van der Waals surface area contributed by atoms with E-state index in [-0.39, 0.29) is 19.2 Å². The summed E-state index contributed by atoms with van der Waals surface area (Å²) < 4.78 is 44.8. The van der Waals surface area contributed by atoms with Gasteiger partial charge in [-0.25, -0.2) is 8.42 Å². The molecular weight excluding hydrogens is 414 g/mol. The van der Waals surface area contributed by atoms with Crippen molar-refractivity contribution in [2.75, 3.05) is 21.3 Å². The van der Waals surface area contributed by atoms with Crippen LogP contribution in [0.25, 0.3) is 0 Å². The van der Waals surface area contributed by atoms with E-state index in [1.165, 1.54) is 0 Å². The van der Waals surface area contributed by atoms with Crippen molar-refractivity contribution in [3.8, 4) is 11.5 Å². The number of unbranched alkanes of at least 4 members (excludes halogenated alkanes) is 1. The number of sulfonamides is 1. The highest BCUT2D eigenvalue weighted by atomic mass is 32.2. The molecule has 0 heterocycles. The van der Waals surface area contributed by atoms with Crippen LogP contribution in [0.1, 0.15) is 44.2 Å². The third-order valence-corrected chi connectivity index (χ3v) is 7.76. The van der Waals surface area contributed by atoms with Crippen LogP contribution in [0.2, 0.25) is 0 Å². The maximum absolute atomic E-state index is 13.6. The summed E-state index contributed by atoms with van der Waals surface area (Å²) in [5.74, 6) is 1.47. The first kappa shape index (κ1) is 25.2. The third-order valence-electron chi connectivity index (χ3n) is 5.53. The third kappa shape index (κ3) is 6.95. The number of methoxy groups -OCH3 is 3. The molecule has 0 aliphatic rings. The molecule has 0 saturated carbocycles. The molecule has 0 bridgehead atoms. The van der Waals surface area contributed by atoms with Gasteiger partial charge in [0.1, 0.15) is 11.5 Å². The van der Waals surface area contributed by atoms with E-state index in [2.05, 4.69) is 6.92 Å². The molecule has 0 radical (unpaired) electrons. The highest BCUT2D eigenvalue weighted by molar-refractivity contribution is 7.89. The van der Waals surface area contributed by atoms with Crippen molar-refractivity contribution in [1.82, 2.24) is 4.31 Å². The average molecular weight is 450 g/mol. The molecule has 0 amide bonds. The molecule has 0 N–H and O–H groups in total. The number of nitrogens with zero attached hydrogens (tertiary/aromatic N) is 1. The SMILES string of the molecule is CCCCC(OC)C(C)S(=O)(=O)N(Cc1ccc(OC)cc1)Cc1ccc(OC)cc1. The first-order valence-corrected chi connectivity index (χ1v) is 12.1. The lowest BCUT2D eigenvalue weighted by Gasteiger charge is -2.30. The summed E-state index contributed by atoms with van der Waals surface area (Å²) in [4.78, 5) is 0. The van der Waals surface area contributed by atoms with Gasteiger partial charge in [0.2, 0.25) is 10.0 Å². The van der Waals surface area contributed by atoms with Gasteiger partial charge in [-0.3, -0.25) is 0 Å². The minimum atomic E-state index is -3.62. The van der Waals surface area contributed by atoms with E-state index in [1.54, 1.807) is 32.6 Å². The zero-order valence-electron chi connectivity index (χ0n) is 19.2. The molecule has 2 unspecified atom stereocenters. The summed E-state index contributed by atoms with van der Waals surface area (Å²) in [7, 11) is 1.18. The summed E-state index contributed by atoms with van der Waals surface area (Å²) in [5.41, 5.74) is 1.79. The fourth-order valence-electron chi connectivity index (χ4n) is 3.48. The van der Waals surface area contributed by atoms with E-state index in [1.807, 2.05) is 48.5 Å². The number of benzene rings is 2. The van der Waals surface area contributed by atoms with Crippen LogP contribution in [0.15, 0.2) is 48.5 Å². The highest BCUT2D eigenvalue weighted by Gasteiger charge is 2.34. The number of rotatable bonds is 13. The first-order valence-electron chi connectivity index (χ1n) is 10.6. The smallest absolute Gasteiger partial charge is 0.219 e. The zero-order chi connectivity index (χ0) is 22.9. The molecule has 31 heavy (non-hydrogen) atoms. The predicted octanol–water partition coefficient (Wildman–Crippen LogP) is 4.63. The van der Waals surface area contributed by atoms with Crippen LogP contribution < -0.4 is 9.47 Å². The Bertz CT molecular complexity index is 832. The van der Waals surface area contributed by atoms with Gasteiger partial charge in [0.05, 0.1) is 25.6 Å². The van der Waals surface area contributed by atoms with Gasteiger partial charge in [-0.05, 0) is 48.7 Å². The highest BCUT2D eigenvalue weighted by Crippen LogP contribution is 2.24. The molecule has 0 aliphatic heterocycles. The van der Waals surface area contributed by atoms with Crippen molar-refractivity contribution in [1.29, 1.82) is 0 Å². The number of hydrogen-bond donors (Lipinski definition) is 0. The number of ether oxygens (including phenoxy) is 3. The zero-order valence-corrected chi connectivity index (χ0v) is 20.0. The fraction of sp³-hybridized carbons (Fsp3) is 0.500. The van der Waals surface area contributed by atoms with Crippen LogP contribution in [-0.2, 0) is 27.8 Å². The van der Waals surface area contributed by atoms with E-state index >= 15 is 0 Å². The van der Waals surface area contributed by atoms with Gasteiger partial charge in [-0.2, -0.15) is 4.31 Å². The summed E-state index contributed by atoms with van der Waals surface area (Å²) in [6.07, 6.45) is 2.29. The van der Waals surface area contributed by atoms with Gasteiger partial charge < -0.3 is 14.2 Å². The lowest BCUT2D eigenvalue weighted by atomic mass is 10.1. The molecule has 0 saturated heterocycles. The Hall–Kier alpha value is -2.09. The van der Waals surface area contributed by atoms with Crippen molar-refractivity contribution >= 4 is 10.0 Å². The van der Waals surface area contributed by atoms with Crippen LogP contribution in [0.3, 0.4) is 0 Å². The van der Waals surface area contributed by atoms with Crippen molar-refractivity contribution < 1.29 is 22.6 Å². The Morgan fingerprint density at radius 1 is 0.839 bits per heavy atom. The Morgan fingerprint density at radius 2 is 1.29 bits per heavy atom. The van der Waals surface area contributed by atoms with Crippen molar-refractivity contribution in [3.05, 3.63) is 59.7 Å². The fourth-order valence-corrected chi connectivity index (χ4v) is 5.24. The van der Waals surface area contributed by atoms with Gasteiger partial charge in [0.15, 0.2) is 0 Å². The molecule has 2 aromatic rings. The van der Waals surface area contributed by atoms with Crippen LogP contribution in [0, 0.1) is 0 Å². The second-order valence-corrected chi connectivity index (χ2v) is 9.92. The molecule has 6 nitrogen and oxygen atoms in total. The first-order chi connectivity index (χ1) is 14.8. The van der Waals surface area contributed by atoms with Crippen molar-refractivity contribution in [3.63, 3.8) is 0 Å². The van der Waals surface area contributed by atoms with E-state index in [0.29, 0.717) is 6.42 Å². The van der Waals surface area contributed by atoms with Crippen LogP contribution in [-0.4, -0.2) is 45.4 Å². The minimum Gasteiger partial charge on any atom is -0.497 e. The summed E-state index contributed by atoms with van der Waals surface area (Å²) in [6, 6.07) is 14.9. The Balaban J connectivity index is 2.32. The van der Waals surface area contributed by atoms with Crippen LogP contribution in [0.5, 0.6) is 11.5 Å². The van der Waals surface area contributed by atoms with Gasteiger partial charge in [-0.15, -0.1) is 0 Å². The second kappa shape index (κ2) is 12.1. The molecule has 0 spiro atoms. The summed E-state index contributed by atoms with van der Waals surface area (Å²) in [6.45, 7) is 4.37. The molecule has 0 aromatic heterocycles. The van der Waals surface area contributed by atoms with E-state index < -0.39 is 15.3 Å². The molecule has 0 fully saturated rings. The maximum atomic E-state index is 13.6. The molecular formula is C24H35NO5S. The Labute approximate surface area is 187 Å². The van der Waals surface area contributed by atoms with Crippen LogP contribution in [0.4, 0.5) is 0 Å². The molecule has 2 rings (SSSR count). The van der Waals surface area contributed by atoms with E-state index in [0.717, 1.165) is 35.5 Å². The minimum absolute atomic E-state index is 0.271. The molecule has 172 valence electrons. The average Bonchev–Trinajstić information content (AvgIpc) is 2.79. The normalized spacial score (nSPS) is 13.7. The topological polar surface area (TPSA) is 65.1 Å². The van der Waals surface area contributed by atoms with Gasteiger partial charge >= 0.3 is 0 Å². The summed E-state index contributed by atoms with van der Waals surface area (Å²) >= 11 is 0. The standard InChI is InChI=1S/C24H35NO5S/c1-6-7-8-24(30-5)19(2)31(26,27)25(17-20-9-13-22(28-3)14-10-20)18-21-11-15-23(29-4)16-12-21/h9-16,19,24H,6-8,17-18H2,1-5H3. The van der Waals surface area contributed by atoms with Crippen molar-refractivity contribution in [2.24, 2.45) is 0 Å². The van der Waals surface area contributed by atoms with Gasteiger partial charge in [0.25, 0.3) is 0 Å². The largest absolute Gasteiger partial charge is 0.497 e. The van der Waals surface area contributed by atoms with E-state index in [4.69, 9.17) is 14.2 Å². The second-order valence-electron chi connectivity index (χ2n) is 7.63. The molecule has 2 atom stereocenters. The summed E-state index contributed by atoms with van der Waals surface area (Å²) in [5, 5.41) is -0.652. The molecule has 7 heteroatoms. The number of hydrogen-bond acceptors (Lipinski definition) is 5. The lowest BCUT2D eigenvalue weighted by molar-refractivity contribution is 0.0907. The van der Waals surface area contributed by atoms with E-state index in [9.17, 15) is 8.42 Å².